The van der Waals surface area contributed by atoms with Crippen molar-refractivity contribution in [3.05, 3.63) is 16.6 Å². The van der Waals surface area contributed by atoms with Crippen molar-refractivity contribution in [2.75, 3.05) is 14.1 Å². The smallest absolute Gasteiger partial charge is 0.347 e. The van der Waals surface area contributed by atoms with E-state index >= 15 is 0 Å². The SMILES string of the molecule is CN(C)Cc1cc(C(=O)O)sn1. The average Bonchev–Trinajstić information content (AvgIpc) is 2.34. The summed E-state index contributed by atoms with van der Waals surface area (Å²) >= 11 is 1.02. The maximum Gasteiger partial charge on any atom is 0.347 e. The molecule has 0 aliphatic heterocycles. The third kappa shape index (κ3) is 2.28. The highest BCUT2D eigenvalue weighted by molar-refractivity contribution is 7.08. The minimum Gasteiger partial charge on any atom is -0.477 e. The molecule has 66 valence electrons. The van der Waals surface area contributed by atoms with Crippen molar-refractivity contribution in [2.24, 2.45) is 0 Å². The molecule has 0 bridgehead atoms. The van der Waals surface area contributed by atoms with Crippen LogP contribution < -0.4 is 0 Å². The predicted octanol–water partition coefficient (Wildman–Crippen LogP) is 0.903. The van der Waals surface area contributed by atoms with Gasteiger partial charge in [-0.05, 0) is 31.7 Å². The molecule has 0 aromatic carbocycles. The van der Waals surface area contributed by atoms with Crippen LogP contribution in [0.25, 0.3) is 0 Å². The first kappa shape index (κ1) is 9.15. The summed E-state index contributed by atoms with van der Waals surface area (Å²) in [5, 5.41) is 8.59. The van der Waals surface area contributed by atoms with E-state index in [1.54, 1.807) is 6.07 Å². The van der Waals surface area contributed by atoms with Crippen molar-refractivity contribution in [2.45, 2.75) is 6.54 Å². The Morgan fingerprint density at radius 2 is 2.42 bits per heavy atom. The van der Waals surface area contributed by atoms with Gasteiger partial charge in [0.1, 0.15) is 4.88 Å². The summed E-state index contributed by atoms with van der Waals surface area (Å²) in [6.07, 6.45) is 0. The summed E-state index contributed by atoms with van der Waals surface area (Å²) < 4.78 is 4.00. The highest BCUT2D eigenvalue weighted by Gasteiger charge is 2.08. The Bertz CT molecular complexity index is 283. The largest absolute Gasteiger partial charge is 0.477 e. The van der Waals surface area contributed by atoms with Crippen LogP contribution in [-0.2, 0) is 6.54 Å². The van der Waals surface area contributed by atoms with Crippen LogP contribution in [0.4, 0.5) is 0 Å². The van der Waals surface area contributed by atoms with Crippen LogP contribution in [-0.4, -0.2) is 34.4 Å². The monoisotopic (exact) mass is 186 g/mol. The van der Waals surface area contributed by atoms with Crippen LogP contribution in [0.3, 0.4) is 0 Å². The molecular formula is C7H10N2O2S. The zero-order chi connectivity index (χ0) is 9.14. The lowest BCUT2D eigenvalue weighted by atomic mass is 10.3. The van der Waals surface area contributed by atoms with E-state index < -0.39 is 5.97 Å². The van der Waals surface area contributed by atoms with Gasteiger partial charge in [0.05, 0.1) is 5.69 Å². The lowest BCUT2D eigenvalue weighted by Crippen LogP contribution is -2.10. The van der Waals surface area contributed by atoms with Gasteiger partial charge in [-0.2, -0.15) is 4.37 Å². The van der Waals surface area contributed by atoms with E-state index in [4.69, 9.17) is 5.11 Å². The van der Waals surface area contributed by atoms with Crippen LogP contribution >= 0.6 is 11.5 Å². The summed E-state index contributed by atoms with van der Waals surface area (Å²) in [4.78, 5) is 12.7. The Hall–Kier alpha value is -0.940. The van der Waals surface area contributed by atoms with Gasteiger partial charge in [-0.25, -0.2) is 4.79 Å². The summed E-state index contributed by atoms with van der Waals surface area (Å²) in [5.74, 6) is -0.905. The highest BCUT2D eigenvalue weighted by Crippen LogP contribution is 2.10. The van der Waals surface area contributed by atoms with Gasteiger partial charge in [-0.1, -0.05) is 0 Å². The molecule has 1 rings (SSSR count). The molecule has 0 atom stereocenters. The second kappa shape index (κ2) is 3.64. The highest BCUT2D eigenvalue weighted by atomic mass is 32.1. The van der Waals surface area contributed by atoms with Crippen LogP contribution in [0.1, 0.15) is 15.4 Å². The van der Waals surface area contributed by atoms with Crippen molar-refractivity contribution >= 4 is 17.5 Å². The fraction of sp³-hybridized carbons (Fsp3) is 0.429. The molecule has 4 nitrogen and oxygen atoms in total. The first-order chi connectivity index (χ1) is 5.59. The topological polar surface area (TPSA) is 53.4 Å². The van der Waals surface area contributed by atoms with Crippen LogP contribution in [0.2, 0.25) is 0 Å². The van der Waals surface area contributed by atoms with Gasteiger partial charge in [0.2, 0.25) is 0 Å². The maximum atomic E-state index is 10.5. The number of carboxylic acids is 1. The summed E-state index contributed by atoms with van der Waals surface area (Å²) in [6.45, 7) is 0.684. The number of aromatic nitrogens is 1. The van der Waals surface area contributed by atoms with E-state index in [1.807, 2.05) is 19.0 Å². The lowest BCUT2D eigenvalue weighted by Gasteiger charge is -2.04. The Labute approximate surface area is 74.6 Å². The molecule has 0 unspecified atom stereocenters. The minimum atomic E-state index is -0.905. The molecule has 0 aliphatic carbocycles. The van der Waals surface area contributed by atoms with Crippen molar-refractivity contribution in [1.82, 2.24) is 9.27 Å². The van der Waals surface area contributed by atoms with E-state index in [1.165, 1.54) is 0 Å². The maximum absolute atomic E-state index is 10.5. The number of hydrogen-bond donors (Lipinski definition) is 1. The van der Waals surface area contributed by atoms with E-state index in [0.717, 1.165) is 17.2 Å². The molecule has 0 amide bonds. The van der Waals surface area contributed by atoms with Crippen molar-refractivity contribution < 1.29 is 9.90 Å². The molecule has 0 fully saturated rings. The number of hydrogen-bond acceptors (Lipinski definition) is 4. The molecule has 0 saturated carbocycles. The molecule has 0 saturated heterocycles. The number of rotatable bonds is 3. The van der Waals surface area contributed by atoms with Gasteiger partial charge in [0.15, 0.2) is 0 Å². The van der Waals surface area contributed by atoms with Crippen LogP contribution in [0.15, 0.2) is 6.07 Å². The summed E-state index contributed by atoms with van der Waals surface area (Å²) in [6, 6.07) is 1.60. The van der Waals surface area contributed by atoms with E-state index in [2.05, 4.69) is 4.37 Å². The fourth-order valence-corrected chi connectivity index (χ4v) is 1.40. The van der Waals surface area contributed by atoms with Gasteiger partial charge in [0, 0.05) is 6.54 Å². The lowest BCUT2D eigenvalue weighted by molar-refractivity contribution is 0.0702. The van der Waals surface area contributed by atoms with Gasteiger partial charge < -0.3 is 10.0 Å². The number of carbonyl (C=O) groups is 1. The van der Waals surface area contributed by atoms with E-state index in [9.17, 15) is 4.79 Å². The van der Waals surface area contributed by atoms with Crippen molar-refractivity contribution in [3.63, 3.8) is 0 Å². The zero-order valence-corrected chi connectivity index (χ0v) is 7.76. The molecule has 1 N–H and O–H groups in total. The first-order valence-electron chi connectivity index (χ1n) is 3.43. The third-order valence-corrected chi connectivity index (χ3v) is 2.06. The predicted molar refractivity (Wildman–Crippen MR) is 46.5 cm³/mol. The second-order valence-corrected chi connectivity index (χ2v) is 3.53. The normalized spacial score (nSPS) is 10.6. The van der Waals surface area contributed by atoms with Gasteiger partial charge in [0.25, 0.3) is 0 Å². The third-order valence-electron chi connectivity index (χ3n) is 1.25. The van der Waals surface area contributed by atoms with Crippen LogP contribution in [0.5, 0.6) is 0 Å². The number of aromatic carboxylic acids is 1. The Kier molecular flexibility index (Phi) is 2.78. The molecule has 1 heterocycles. The Morgan fingerprint density at radius 3 is 2.83 bits per heavy atom. The molecule has 0 radical (unpaired) electrons. The molecule has 1 aromatic heterocycles. The first-order valence-corrected chi connectivity index (χ1v) is 4.20. The summed E-state index contributed by atoms with van der Waals surface area (Å²) in [7, 11) is 3.83. The number of nitrogens with zero attached hydrogens (tertiary/aromatic N) is 2. The quantitative estimate of drug-likeness (QED) is 0.762. The van der Waals surface area contributed by atoms with Crippen molar-refractivity contribution in [1.29, 1.82) is 0 Å². The van der Waals surface area contributed by atoms with Gasteiger partial charge >= 0.3 is 5.97 Å². The average molecular weight is 186 g/mol. The van der Waals surface area contributed by atoms with Gasteiger partial charge in [-0.15, -0.1) is 0 Å². The molecule has 0 spiro atoms. The van der Waals surface area contributed by atoms with Crippen LogP contribution in [0, 0.1) is 0 Å². The Morgan fingerprint density at radius 1 is 1.75 bits per heavy atom. The summed E-state index contributed by atoms with van der Waals surface area (Å²) in [5.41, 5.74) is 0.808. The molecule has 1 aromatic rings. The zero-order valence-electron chi connectivity index (χ0n) is 6.94. The molecule has 0 aliphatic rings. The Balaban J connectivity index is 2.71. The molecule has 12 heavy (non-hydrogen) atoms. The van der Waals surface area contributed by atoms with E-state index in [0.29, 0.717) is 11.4 Å². The molecule has 5 heteroatoms. The second-order valence-electron chi connectivity index (χ2n) is 2.73. The fourth-order valence-electron chi connectivity index (χ4n) is 0.811. The van der Waals surface area contributed by atoms with Crippen molar-refractivity contribution in [3.8, 4) is 0 Å². The van der Waals surface area contributed by atoms with Gasteiger partial charge in [-0.3, -0.25) is 0 Å². The standard InChI is InChI=1S/C7H10N2O2S/c1-9(2)4-5-3-6(7(10)11)12-8-5/h3H,4H2,1-2H3,(H,10,11). The van der Waals surface area contributed by atoms with E-state index in [-0.39, 0.29) is 0 Å². The molecular weight excluding hydrogens is 176 g/mol. The number of carboxylic acid groups (broad SMARTS) is 1. The minimum absolute atomic E-state index is 0.298.